The van der Waals surface area contributed by atoms with Crippen LogP contribution in [0, 0.1) is 0 Å². The lowest BCUT2D eigenvalue weighted by molar-refractivity contribution is -0.0328. The monoisotopic (exact) mass is 388 g/mol. The summed E-state index contributed by atoms with van der Waals surface area (Å²) in [5, 5.41) is 15.2. The molecule has 3 atom stereocenters. The molecular weight excluding hydrogens is 368 g/mol. The first-order valence-corrected chi connectivity index (χ1v) is 9.75. The minimum atomic E-state index is -5.01. The zero-order chi connectivity index (χ0) is 18.3. The van der Waals surface area contributed by atoms with Crippen molar-refractivity contribution in [3.8, 4) is 0 Å². The van der Waals surface area contributed by atoms with E-state index in [1.165, 1.54) is 4.90 Å². The molecule has 0 radical (unpaired) electrons. The summed E-state index contributed by atoms with van der Waals surface area (Å²) in [5.74, 6) is 0.723. The van der Waals surface area contributed by atoms with E-state index < -0.39 is 28.5 Å². The molecule has 12 nitrogen and oxygen atoms in total. The van der Waals surface area contributed by atoms with Crippen LogP contribution >= 0.6 is 0 Å². The maximum absolute atomic E-state index is 12.4. The number of carbonyl (C=O) groups is 1. The normalized spacial score (nSPS) is 29.0. The Morgan fingerprint density at radius 2 is 2.23 bits per heavy atom. The standard InChI is InChI=1S/C13H20N6O6S/c20-13-18-7-9(19(13)25-26(21,22)23)1-2-10(18)12-17-16-11(24-12)6-15-8-3-4-14-5-8/h8-10,14-15H,1-7H2,(H,21,22,23)/t8-,9+,10-/m0/s1. The van der Waals surface area contributed by atoms with E-state index in [9.17, 15) is 17.8 Å². The molecule has 4 rings (SSSR count). The van der Waals surface area contributed by atoms with Gasteiger partial charge < -0.3 is 24.5 Å². The Balaban J connectivity index is 0.00000210. The molecule has 2 amide bonds. The largest absolute Gasteiger partial charge is 1.00 e. The summed E-state index contributed by atoms with van der Waals surface area (Å²) in [4.78, 5) is 13.8. The number of aromatic nitrogens is 2. The van der Waals surface area contributed by atoms with Crippen molar-refractivity contribution < 1.29 is 27.9 Å². The van der Waals surface area contributed by atoms with E-state index in [2.05, 4.69) is 25.1 Å². The van der Waals surface area contributed by atoms with Gasteiger partial charge in [0.05, 0.1) is 12.6 Å². The molecule has 3 aliphatic heterocycles. The third-order valence-electron chi connectivity index (χ3n) is 4.86. The SMILES string of the molecule is O=C1N2C[C@@H](CC[C@H]2c2nnc(CN[C@H]3CCNC3)o2)N1OS(=O)(=O)[O-].[H+]. The average molecular weight is 388 g/mol. The van der Waals surface area contributed by atoms with Crippen molar-refractivity contribution in [1.29, 1.82) is 0 Å². The van der Waals surface area contributed by atoms with Gasteiger partial charge >= 0.3 is 7.46 Å². The lowest BCUT2D eigenvalue weighted by Gasteiger charge is -2.27. The number of nitrogens with one attached hydrogen (secondary N) is 2. The zero-order valence-electron chi connectivity index (χ0n) is 14.8. The van der Waals surface area contributed by atoms with Gasteiger partial charge in [-0.25, -0.2) is 13.2 Å². The fourth-order valence-electron chi connectivity index (χ4n) is 3.62. The van der Waals surface area contributed by atoms with Crippen LogP contribution in [-0.4, -0.2) is 70.9 Å². The second-order valence-electron chi connectivity index (χ2n) is 6.60. The highest BCUT2D eigenvalue weighted by atomic mass is 32.3. The van der Waals surface area contributed by atoms with Crippen LogP contribution < -0.4 is 10.6 Å². The first-order valence-electron chi connectivity index (χ1n) is 8.42. The lowest BCUT2D eigenvalue weighted by atomic mass is 10.0. The summed E-state index contributed by atoms with van der Waals surface area (Å²) in [6.07, 6.45) is 2.01. The van der Waals surface area contributed by atoms with Crippen molar-refractivity contribution in [1.82, 2.24) is 30.8 Å². The smallest absolute Gasteiger partial charge is 0.724 e. The minimum Gasteiger partial charge on any atom is -0.724 e. The zero-order valence-corrected chi connectivity index (χ0v) is 14.6. The van der Waals surface area contributed by atoms with Gasteiger partial charge in [0, 0.05) is 19.1 Å². The molecule has 3 fully saturated rings. The van der Waals surface area contributed by atoms with Crippen LogP contribution in [0.25, 0.3) is 0 Å². The molecule has 2 N–H and O–H groups in total. The van der Waals surface area contributed by atoms with Gasteiger partial charge in [-0.2, -0.15) is 9.35 Å². The highest BCUT2D eigenvalue weighted by Crippen LogP contribution is 2.38. The summed E-state index contributed by atoms with van der Waals surface area (Å²) in [6.45, 7) is 2.55. The van der Waals surface area contributed by atoms with E-state index >= 15 is 0 Å². The van der Waals surface area contributed by atoms with Crippen LogP contribution in [0.1, 0.15) is 38.5 Å². The van der Waals surface area contributed by atoms with Gasteiger partial charge in [0.1, 0.15) is 6.04 Å². The molecule has 3 aliphatic rings. The Bertz CT molecular complexity index is 784. The van der Waals surface area contributed by atoms with Gasteiger partial charge in [0.15, 0.2) is 0 Å². The Morgan fingerprint density at radius 1 is 1.38 bits per heavy atom. The molecule has 0 aromatic carbocycles. The Labute approximate surface area is 151 Å². The summed E-state index contributed by atoms with van der Waals surface area (Å²) in [7, 11) is -5.01. The van der Waals surface area contributed by atoms with Crippen molar-refractivity contribution >= 4 is 16.4 Å². The number of hydrogen-bond donors (Lipinski definition) is 2. The molecule has 0 saturated carbocycles. The highest BCUT2D eigenvalue weighted by Gasteiger charge is 2.48. The van der Waals surface area contributed by atoms with Crippen LogP contribution in [0.15, 0.2) is 4.42 Å². The summed E-state index contributed by atoms with van der Waals surface area (Å²) < 4.78 is 42.4. The fourth-order valence-corrected chi connectivity index (χ4v) is 4.00. The molecule has 1 aromatic rings. The van der Waals surface area contributed by atoms with E-state index in [1.54, 1.807) is 0 Å². The number of piperidine rings is 1. The van der Waals surface area contributed by atoms with Crippen molar-refractivity contribution in [3.05, 3.63) is 11.8 Å². The number of hydroxylamine groups is 2. The van der Waals surface area contributed by atoms with E-state index in [0.29, 0.717) is 42.3 Å². The van der Waals surface area contributed by atoms with Crippen LogP contribution in [0.2, 0.25) is 0 Å². The molecule has 4 heterocycles. The maximum Gasteiger partial charge on any atom is 1.00 e. The summed E-state index contributed by atoms with van der Waals surface area (Å²) >= 11 is 0. The third-order valence-corrected chi connectivity index (χ3v) is 5.21. The predicted molar refractivity (Wildman–Crippen MR) is 84.0 cm³/mol. The molecule has 3 saturated heterocycles. The van der Waals surface area contributed by atoms with E-state index in [4.69, 9.17) is 4.42 Å². The molecule has 144 valence electrons. The number of carbonyl (C=O) groups excluding carboxylic acids is 1. The number of nitrogens with zero attached hydrogens (tertiary/aromatic N) is 4. The number of rotatable bonds is 6. The molecule has 0 unspecified atom stereocenters. The van der Waals surface area contributed by atoms with Gasteiger partial charge in [0.25, 0.3) is 0 Å². The molecule has 26 heavy (non-hydrogen) atoms. The van der Waals surface area contributed by atoms with Crippen molar-refractivity contribution in [2.45, 2.75) is 43.9 Å². The van der Waals surface area contributed by atoms with Crippen LogP contribution in [0.5, 0.6) is 0 Å². The summed E-state index contributed by atoms with van der Waals surface area (Å²) in [6, 6.07) is -1.27. The quantitative estimate of drug-likeness (QED) is 0.456. The number of amides is 2. The van der Waals surface area contributed by atoms with Crippen LogP contribution in [0.3, 0.4) is 0 Å². The molecule has 0 spiro atoms. The Morgan fingerprint density at radius 3 is 2.96 bits per heavy atom. The molecule has 13 heteroatoms. The molecule has 1 aromatic heterocycles. The van der Waals surface area contributed by atoms with Gasteiger partial charge in [-0.3, -0.25) is 0 Å². The lowest BCUT2D eigenvalue weighted by Crippen LogP contribution is -2.35. The van der Waals surface area contributed by atoms with E-state index in [1.807, 2.05) is 0 Å². The highest BCUT2D eigenvalue weighted by molar-refractivity contribution is 7.80. The summed E-state index contributed by atoms with van der Waals surface area (Å²) in [5.41, 5.74) is 0. The van der Waals surface area contributed by atoms with Crippen molar-refractivity contribution in [3.63, 3.8) is 0 Å². The Hall–Kier alpha value is -1.80. The molecular formula is C13H20N6O6S. The second-order valence-corrected chi connectivity index (χ2v) is 7.56. The predicted octanol–water partition coefficient (Wildman–Crippen LogP) is -1.03. The van der Waals surface area contributed by atoms with Gasteiger partial charge in [0.2, 0.25) is 22.2 Å². The van der Waals surface area contributed by atoms with Gasteiger partial charge in [-0.15, -0.1) is 10.2 Å². The van der Waals surface area contributed by atoms with Gasteiger partial charge in [-0.1, -0.05) is 0 Å². The topological polar surface area (TPSA) is 153 Å². The van der Waals surface area contributed by atoms with E-state index in [0.717, 1.165) is 19.5 Å². The number of fused-ring (bicyclic) bond motifs is 2. The number of hydrogen-bond acceptors (Lipinski definition) is 10. The maximum atomic E-state index is 12.4. The van der Waals surface area contributed by atoms with Crippen LogP contribution in [0.4, 0.5) is 4.79 Å². The first kappa shape index (κ1) is 17.6. The Kier molecular flexibility index (Phi) is 4.56. The fraction of sp³-hybridized carbons (Fsp3) is 0.769. The second kappa shape index (κ2) is 6.74. The van der Waals surface area contributed by atoms with Gasteiger partial charge in [-0.05, 0) is 25.8 Å². The molecule has 2 bridgehead atoms. The number of urea groups is 1. The van der Waals surface area contributed by atoms with Crippen LogP contribution in [-0.2, 0) is 21.2 Å². The third kappa shape index (κ3) is 3.53. The molecule has 0 aliphatic carbocycles. The minimum absolute atomic E-state index is 0. The van der Waals surface area contributed by atoms with E-state index in [-0.39, 0.29) is 7.97 Å². The average Bonchev–Trinajstić information content (AvgIpc) is 3.31. The first-order chi connectivity index (χ1) is 12.4. The van der Waals surface area contributed by atoms with Crippen molar-refractivity contribution in [2.75, 3.05) is 19.6 Å². The van der Waals surface area contributed by atoms with Crippen molar-refractivity contribution in [2.24, 2.45) is 0 Å².